The lowest BCUT2D eigenvalue weighted by Crippen LogP contribution is -2.49. The zero-order chi connectivity index (χ0) is 20.7. The molecule has 0 unspecified atom stereocenters. The van der Waals surface area contributed by atoms with Crippen LogP contribution >= 0.6 is 0 Å². The molecule has 1 saturated heterocycles. The highest BCUT2D eigenvalue weighted by atomic mass is 16.3. The molecule has 2 aliphatic heterocycles. The van der Waals surface area contributed by atoms with Crippen LogP contribution in [-0.2, 0) is 6.54 Å². The van der Waals surface area contributed by atoms with Crippen molar-refractivity contribution in [3.05, 3.63) is 82.4 Å². The van der Waals surface area contributed by atoms with Gasteiger partial charge in [-0.25, -0.2) is 0 Å². The Balaban J connectivity index is 1.39. The SMILES string of the molecule is O=C(Nc1ccc2n(c1=O)C[C@@H]1C[C@@H]2CN(C(=O)c2ccccn2)C1)c1ccco1. The fraction of sp³-hybridized carbons (Fsp3) is 0.273. The van der Waals surface area contributed by atoms with Crippen molar-refractivity contribution in [3.63, 3.8) is 0 Å². The average molecular weight is 404 g/mol. The molecule has 8 heteroatoms. The summed E-state index contributed by atoms with van der Waals surface area (Å²) in [5.74, 6) is -0.132. The molecule has 2 amide bonds. The summed E-state index contributed by atoms with van der Waals surface area (Å²) in [5.41, 5.74) is 1.32. The summed E-state index contributed by atoms with van der Waals surface area (Å²) in [5, 5.41) is 2.64. The summed E-state index contributed by atoms with van der Waals surface area (Å²) in [4.78, 5) is 44.1. The van der Waals surface area contributed by atoms with Crippen LogP contribution in [0.5, 0.6) is 0 Å². The topological polar surface area (TPSA) is 97.4 Å². The molecule has 0 aromatic carbocycles. The molecule has 0 spiro atoms. The molecular formula is C22H20N4O4. The van der Waals surface area contributed by atoms with Gasteiger partial charge < -0.3 is 19.2 Å². The summed E-state index contributed by atoms with van der Waals surface area (Å²) in [6.07, 6.45) is 3.96. The van der Waals surface area contributed by atoms with Crippen molar-refractivity contribution < 1.29 is 14.0 Å². The van der Waals surface area contributed by atoms with Crippen molar-refractivity contribution in [2.24, 2.45) is 5.92 Å². The summed E-state index contributed by atoms with van der Waals surface area (Å²) in [6, 6.07) is 12.0. The van der Waals surface area contributed by atoms with E-state index in [2.05, 4.69) is 10.3 Å². The van der Waals surface area contributed by atoms with E-state index in [1.165, 1.54) is 6.26 Å². The second-order valence-corrected chi connectivity index (χ2v) is 7.74. The van der Waals surface area contributed by atoms with Gasteiger partial charge in [0, 0.05) is 37.4 Å². The van der Waals surface area contributed by atoms with E-state index < -0.39 is 5.91 Å². The van der Waals surface area contributed by atoms with Crippen LogP contribution in [0, 0.1) is 5.92 Å². The van der Waals surface area contributed by atoms with Crippen LogP contribution in [0.3, 0.4) is 0 Å². The Bertz CT molecular complexity index is 1150. The third-order valence-electron chi connectivity index (χ3n) is 5.77. The number of aromatic nitrogens is 2. The van der Waals surface area contributed by atoms with E-state index in [9.17, 15) is 14.4 Å². The van der Waals surface area contributed by atoms with Crippen LogP contribution in [0.1, 0.15) is 39.1 Å². The monoisotopic (exact) mass is 404 g/mol. The Kier molecular flexibility index (Phi) is 4.46. The largest absolute Gasteiger partial charge is 0.459 e. The van der Waals surface area contributed by atoms with Crippen LogP contribution in [0.25, 0.3) is 0 Å². The van der Waals surface area contributed by atoms with Crippen molar-refractivity contribution >= 4 is 17.5 Å². The highest BCUT2D eigenvalue weighted by molar-refractivity contribution is 6.02. The van der Waals surface area contributed by atoms with Gasteiger partial charge in [-0.1, -0.05) is 6.07 Å². The Morgan fingerprint density at radius 1 is 1.07 bits per heavy atom. The smallest absolute Gasteiger partial charge is 0.291 e. The first-order chi connectivity index (χ1) is 14.6. The van der Waals surface area contributed by atoms with Crippen molar-refractivity contribution in [2.75, 3.05) is 18.4 Å². The standard InChI is InChI=1S/C22H20N4O4/c27-20(19-5-3-9-30-19)24-17-6-7-18-15-10-14(12-26(18)22(17)29)11-25(13-15)21(28)16-4-1-2-8-23-16/h1-9,14-15H,10-13H2,(H,24,27)/t14-,15-/m1/s1. The number of piperidine rings is 1. The maximum Gasteiger partial charge on any atom is 0.291 e. The number of hydrogen-bond acceptors (Lipinski definition) is 5. The Hall–Kier alpha value is -3.68. The highest BCUT2D eigenvalue weighted by Crippen LogP contribution is 2.35. The maximum atomic E-state index is 13.0. The van der Waals surface area contributed by atoms with E-state index in [1.54, 1.807) is 47.2 Å². The van der Waals surface area contributed by atoms with Gasteiger partial charge in [-0.2, -0.15) is 0 Å². The third-order valence-corrected chi connectivity index (χ3v) is 5.77. The average Bonchev–Trinajstić information content (AvgIpc) is 3.31. The highest BCUT2D eigenvalue weighted by Gasteiger charge is 2.37. The molecule has 2 atom stereocenters. The second-order valence-electron chi connectivity index (χ2n) is 7.74. The first-order valence-corrected chi connectivity index (χ1v) is 9.89. The first kappa shape index (κ1) is 18.4. The number of anilines is 1. The van der Waals surface area contributed by atoms with Gasteiger partial charge in [0.05, 0.1) is 6.26 Å². The third kappa shape index (κ3) is 3.20. The summed E-state index contributed by atoms with van der Waals surface area (Å²) >= 11 is 0. The molecule has 2 bridgehead atoms. The van der Waals surface area contributed by atoms with E-state index in [0.29, 0.717) is 25.3 Å². The molecule has 3 aromatic rings. The maximum absolute atomic E-state index is 13.0. The number of amides is 2. The summed E-state index contributed by atoms with van der Waals surface area (Å²) < 4.78 is 6.82. The number of furan rings is 1. The van der Waals surface area contributed by atoms with Crippen LogP contribution < -0.4 is 10.9 Å². The number of carbonyl (C=O) groups is 2. The van der Waals surface area contributed by atoms with E-state index in [-0.39, 0.29) is 34.7 Å². The van der Waals surface area contributed by atoms with Crippen LogP contribution in [0.4, 0.5) is 5.69 Å². The van der Waals surface area contributed by atoms with Gasteiger partial charge in [-0.3, -0.25) is 19.4 Å². The minimum atomic E-state index is -0.458. The van der Waals surface area contributed by atoms with Crippen LogP contribution in [0.2, 0.25) is 0 Å². The Morgan fingerprint density at radius 2 is 1.97 bits per heavy atom. The van der Waals surface area contributed by atoms with E-state index in [1.807, 2.05) is 11.0 Å². The van der Waals surface area contributed by atoms with Crippen LogP contribution in [0.15, 0.2) is 64.1 Å². The molecule has 0 radical (unpaired) electrons. The van der Waals surface area contributed by atoms with Crippen LogP contribution in [-0.4, -0.2) is 39.4 Å². The molecule has 1 fully saturated rings. The molecule has 3 aromatic heterocycles. The van der Waals surface area contributed by atoms with Crippen molar-refractivity contribution in [2.45, 2.75) is 18.9 Å². The molecule has 8 nitrogen and oxygen atoms in total. The fourth-order valence-corrected chi connectivity index (χ4v) is 4.45. The number of likely N-dealkylation sites (tertiary alicyclic amines) is 1. The van der Waals surface area contributed by atoms with Gasteiger partial charge in [-0.15, -0.1) is 0 Å². The molecule has 1 N–H and O–H groups in total. The molecular weight excluding hydrogens is 384 g/mol. The quantitative estimate of drug-likeness (QED) is 0.723. The van der Waals surface area contributed by atoms with Gasteiger partial charge in [-0.05, 0) is 48.7 Å². The molecule has 5 heterocycles. The number of fused-ring (bicyclic) bond motifs is 4. The predicted octanol–water partition coefficient (Wildman–Crippen LogP) is 2.35. The molecule has 0 aliphatic carbocycles. The number of nitrogens with zero attached hydrogens (tertiary/aromatic N) is 3. The second kappa shape index (κ2) is 7.29. The number of pyridine rings is 2. The van der Waals surface area contributed by atoms with Gasteiger partial charge in [0.15, 0.2) is 5.76 Å². The number of nitrogens with one attached hydrogen (secondary N) is 1. The zero-order valence-electron chi connectivity index (χ0n) is 16.2. The number of carbonyl (C=O) groups excluding carboxylic acids is 2. The minimum absolute atomic E-state index is 0.0766. The molecule has 5 rings (SSSR count). The summed E-state index contributed by atoms with van der Waals surface area (Å²) in [6.45, 7) is 1.64. The fourth-order valence-electron chi connectivity index (χ4n) is 4.45. The Morgan fingerprint density at radius 3 is 2.73 bits per heavy atom. The lowest BCUT2D eigenvalue weighted by atomic mass is 9.83. The zero-order valence-corrected chi connectivity index (χ0v) is 16.2. The van der Waals surface area contributed by atoms with Crippen molar-refractivity contribution in [3.8, 4) is 0 Å². The van der Waals surface area contributed by atoms with Gasteiger partial charge in [0.2, 0.25) is 0 Å². The Labute approximate surface area is 172 Å². The van der Waals surface area contributed by atoms with Gasteiger partial charge in [0.1, 0.15) is 11.4 Å². The van der Waals surface area contributed by atoms with Gasteiger partial charge >= 0.3 is 0 Å². The molecule has 0 saturated carbocycles. The number of rotatable bonds is 3. The summed E-state index contributed by atoms with van der Waals surface area (Å²) in [7, 11) is 0. The van der Waals surface area contributed by atoms with Crippen molar-refractivity contribution in [1.29, 1.82) is 0 Å². The molecule has 2 aliphatic rings. The van der Waals surface area contributed by atoms with E-state index in [4.69, 9.17) is 4.42 Å². The normalized spacial score (nSPS) is 19.8. The van der Waals surface area contributed by atoms with Crippen molar-refractivity contribution in [1.82, 2.24) is 14.5 Å². The predicted molar refractivity (Wildman–Crippen MR) is 108 cm³/mol. The lowest BCUT2D eigenvalue weighted by Gasteiger charge is -2.42. The number of hydrogen-bond donors (Lipinski definition) is 1. The molecule has 30 heavy (non-hydrogen) atoms. The molecule has 152 valence electrons. The van der Waals surface area contributed by atoms with E-state index >= 15 is 0 Å². The van der Waals surface area contributed by atoms with E-state index in [0.717, 1.165) is 12.1 Å². The lowest BCUT2D eigenvalue weighted by molar-refractivity contribution is 0.0588. The first-order valence-electron chi connectivity index (χ1n) is 9.89. The van der Waals surface area contributed by atoms with Gasteiger partial charge in [0.25, 0.3) is 17.4 Å². The minimum Gasteiger partial charge on any atom is -0.459 e.